The minimum Gasteiger partial charge on any atom is -0.266 e. The average Bonchev–Trinajstić information content (AvgIpc) is 3.04. The molecule has 0 radical (unpaired) electrons. The van der Waals surface area contributed by atoms with Gasteiger partial charge < -0.3 is 0 Å². The number of benzene rings is 1. The smallest absolute Gasteiger partial charge is 0.266 e. The Bertz CT molecular complexity index is 981. The minimum absolute atomic E-state index is 0.128. The fraction of sp³-hybridized carbons (Fsp3) is 0.158. The van der Waals surface area contributed by atoms with Crippen LogP contribution in [-0.2, 0) is 12.6 Å². The summed E-state index contributed by atoms with van der Waals surface area (Å²) in [5.41, 5.74) is 1.07. The van der Waals surface area contributed by atoms with Crippen LogP contribution in [0.5, 0.6) is 0 Å². The third-order valence-electron chi connectivity index (χ3n) is 3.69. The molecule has 1 amide bonds. The fourth-order valence-electron chi connectivity index (χ4n) is 2.37. The summed E-state index contributed by atoms with van der Waals surface area (Å²) in [4.78, 5) is 24.9. The number of hydrogen-bond donors (Lipinski definition) is 0. The van der Waals surface area contributed by atoms with Crippen LogP contribution >= 0.6 is 11.3 Å². The fourth-order valence-corrected chi connectivity index (χ4v) is 3.32. The van der Waals surface area contributed by atoms with Crippen molar-refractivity contribution in [2.45, 2.75) is 19.5 Å². The standard InChI is InChI=1S/C19H14F3N3OS/c1-12-16(27-18(25-12)14-5-3-8-23-11-14)17(26)24-9-7-13-4-2-6-15(10-13)19(20,21)22/h2-6,8-11H,7H2,1H3. The summed E-state index contributed by atoms with van der Waals surface area (Å²) in [6.45, 7) is 1.71. The van der Waals surface area contributed by atoms with Crippen molar-refractivity contribution in [2.24, 2.45) is 4.99 Å². The molecule has 0 N–H and O–H groups in total. The van der Waals surface area contributed by atoms with Gasteiger partial charge in [0.15, 0.2) is 0 Å². The van der Waals surface area contributed by atoms with Crippen molar-refractivity contribution >= 4 is 23.5 Å². The molecule has 0 saturated carbocycles. The zero-order valence-electron chi connectivity index (χ0n) is 14.2. The molecule has 1 aromatic carbocycles. The first-order valence-electron chi connectivity index (χ1n) is 7.95. The molecule has 4 nitrogen and oxygen atoms in total. The minimum atomic E-state index is -4.40. The van der Waals surface area contributed by atoms with Crippen molar-refractivity contribution in [3.05, 3.63) is 70.5 Å². The molecule has 0 bridgehead atoms. The van der Waals surface area contributed by atoms with Gasteiger partial charge in [0.2, 0.25) is 0 Å². The summed E-state index contributed by atoms with van der Waals surface area (Å²) in [5.74, 6) is -0.466. The Labute approximate surface area is 157 Å². The number of hydrogen-bond acceptors (Lipinski definition) is 4. The summed E-state index contributed by atoms with van der Waals surface area (Å²) < 4.78 is 38.2. The Morgan fingerprint density at radius 1 is 1.26 bits per heavy atom. The van der Waals surface area contributed by atoms with Gasteiger partial charge in [0.25, 0.3) is 5.91 Å². The lowest BCUT2D eigenvalue weighted by atomic mass is 10.1. The van der Waals surface area contributed by atoms with Crippen LogP contribution < -0.4 is 0 Å². The van der Waals surface area contributed by atoms with E-state index in [1.54, 1.807) is 31.5 Å². The predicted octanol–water partition coefficient (Wildman–Crippen LogP) is 4.99. The maximum absolute atomic E-state index is 12.7. The third-order valence-corrected chi connectivity index (χ3v) is 4.88. The van der Waals surface area contributed by atoms with Gasteiger partial charge in [0.1, 0.15) is 9.88 Å². The first-order chi connectivity index (χ1) is 12.8. The topological polar surface area (TPSA) is 55.2 Å². The SMILES string of the molecule is Cc1nc(-c2cccnc2)sc1C(=O)N=CCc1cccc(C(F)(F)F)c1. The molecule has 0 aliphatic rings. The van der Waals surface area contributed by atoms with Crippen LogP contribution in [0.4, 0.5) is 13.2 Å². The van der Waals surface area contributed by atoms with Gasteiger partial charge in [-0.2, -0.15) is 13.2 Å². The van der Waals surface area contributed by atoms with Crippen LogP contribution in [0.25, 0.3) is 10.6 Å². The maximum atomic E-state index is 12.7. The van der Waals surface area contributed by atoms with Crippen molar-refractivity contribution in [1.29, 1.82) is 0 Å². The second-order valence-corrected chi connectivity index (χ2v) is 6.69. The number of aliphatic imine (C=N–C) groups is 1. The number of amides is 1. The van der Waals surface area contributed by atoms with E-state index in [4.69, 9.17) is 0 Å². The monoisotopic (exact) mass is 389 g/mol. The Morgan fingerprint density at radius 2 is 2.07 bits per heavy atom. The van der Waals surface area contributed by atoms with E-state index < -0.39 is 17.6 Å². The van der Waals surface area contributed by atoms with Crippen LogP contribution in [0.1, 0.15) is 26.5 Å². The maximum Gasteiger partial charge on any atom is 0.416 e. The van der Waals surface area contributed by atoms with Crippen LogP contribution in [-0.4, -0.2) is 22.1 Å². The Hall–Kier alpha value is -2.87. The highest BCUT2D eigenvalue weighted by Crippen LogP contribution is 2.30. The first kappa shape index (κ1) is 18.9. The normalized spacial score (nSPS) is 11.9. The first-order valence-corrected chi connectivity index (χ1v) is 8.77. The molecule has 0 unspecified atom stereocenters. The molecule has 0 aliphatic carbocycles. The van der Waals surface area contributed by atoms with E-state index in [9.17, 15) is 18.0 Å². The van der Waals surface area contributed by atoms with E-state index in [0.29, 0.717) is 21.1 Å². The Balaban J connectivity index is 1.72. The highest BCUT2D eigenvalue weighted by atomic mass is 32.1. The van der Waals surface area contributed by atoms with Crippen molar-refractivity contribution in [2.75, 3.05) is 0 Å². The number of aryl methyl sites for hydroxylation is 1. The van der Waals surface area contributed by atoms with E-state index in [1.165, 1.54) is 23.6 Å². The number of aromatic nitrogens is 2. The molecule has 3 aromatic rings. The molecule has 0 atom stereocenters. The number of alkyl halides is 3. The lowest BCUT2D eigenvalue weighted by Crippen LogP contribution is -2.05. The molecular formula is C19H14F3N3OS. The molecule has 0 aliphatic heterocycles. The zero-order valence-corrected chi connectivity index (χ0v) is 15.0. The van der Waals surface area contributed by atoms with Gasteiger partial charge >= 0.3 is 6.18 Å². The van der Waals surface area contributed by atoms with E-state index >= 15 is 0 Å². The molecule has 0 spiro atoms. The van der Waals surface area contributed by atoms with Gasteiger partial charge in [-0.05, 0) is 30.7 Å². The summed E-state index contributed by atoms with van der Waals surface area (Å²) in [5, 5.41) is 0.664. The van der Waals surface area contributed by atoms with Gasteiger partial charge in [0, 0.05) is 30.6 Å². The molecule has 3 rings (SSSR count). The molecule has 8 heteroatoms. The molecule has 27 heavy (non-hydrogen) atoms. The van der Waals surface area contributed by atoms with Gasteiger partial charge in [-0.1, -0.05) is 18.2 Å². The zero-order chi connectivity index (χ0) is 19.4. The molecule has 2 aromatic heterocycles. The highest BCUT2D eigenvalue weighted by molar-refractivity contribution is 7.17. The lowest BCUT2D eigenvalue weighted by Gasteiger charge is -2.07. The number of nitrogens with zero attached hydrogens (tertiary/aromatic N) is 3. The second-order valence-electron chi connectivity index (χ2n) is 5.69. The summed E-state index contributed by atoms with van der Waals surface area (Å²) in [6, 6.07) is 8.57. The predicted molar refractivity (Wildman–Crippen MR) is 98.1 cm³/mol. The second kappa shape index (κ2) is 7.79. The van der Waals surface area contributed by atoms with Crippen LogP contribution in [0.2, 0.25) is 0 Å². The van der Waals surface area contributed by atoms with Crippen molar-refractivity contribution in [3.63, 3.8) is 0 Å². The number of pyridine rings is 1. The number of rotatable bonds is 4. The van der Waals surface area contributed by atoms with Crippen LogP contribution in [0.15, 0.2) is 53.8 Å². The number of thiazole rings is 1. The Kier molecular flexibility index (Phi) is 5.46. The molecule has 2 heterocycles. The average molecular weight is 389 g/mol. The van der Waals surface area contributed by atoms with Crippen molar-refractivity contribution < 1.29 is 18.0 Å². The number of halogens is 3. The summed E-state index contributed by atoms with van der Waals surface area (Å²) >= 11 is 1.21. The van der Waals surface area contributed by atoms with Crippen LogP contribution in [0.3, 0.4) is 0 Å². The lowest BCUT2D eigenvalue weighted by molar-refractivity contribution is -0.137. The molecule has 0 fully saturated rings. The van der Waals surface area contributed by atoms with E-state index in [1.807, 2.05) is 6.07 Å². The van der Waals surface area contributed by atoms with E-state index in [0.717, 1.165) is 17.7 Å². The molecule has 138 valence electrons. The van der Waals surface area contributed by atoms with Gasteiger partial charge in [0.05, 0.1) is 11.3 Å². The summed E-state index contributed by atoms with van der Waals surface area (Å²) in [6.07, 6.45) is 0.354. The van der Waals surface area contributed by atoms with Crippen molar-refractivity contribution in [1.82, 2.24) is 9.97 Å². The quantitative estimate of drug-likeness (QED) is 0.591. The van der Waals surface area contributed by atoms with Crippen LogP contribution in [0, 0.1) is 6.92 Å². The van der Waals surface area contributed by atoms with Gasteiger partial charge in [-0.25, -0.2) is 9.98 Å². The molecule has 0 saturated heterocycles. The Morgan fingerprint density at radius 3 is 2.78 bits per heavy atom. The van der Waals surface area contributed by atoms with Crippen molar-refractivity contribution in [3.8, 4) is 10.6 Å². The highest BCUT2D eigenvalue weighted by Gasteiger charge is 2.30. The largest absolute Gasteiger partial charge is 0.416 e. The molecular weight excluding hydrogens is 375 g/mol. The number of carbonyl (C=O) groups excluding carboxylic acids is 1. The van der Waals surface area contributed by atoms with E-state index in [-0.39, 0.29) is 6.42 Å². The van der Waals surface area contributed by atoms with Gasteiger partial charge in [-0.15, -0.1) is 11.3 Å². The number of carbonyl (C=O) groups is 1. The van der Waals surface area contributed by atoms with Gasteiger partial charge in [-0.3, -0.25) is 9.78 Å². The third kappa shape index (κ3) is 4.65. The summed E-state index contributed by atoms with van der Waals surface area (Å²) in [7, 11) is 0. The van der Waals surface area contributed by atoms with E-state index in [2.05, 4.69) is 15.0 Å².